The maximum atomic E-state index is 14.1. The maximum Gasteiger partial charge on any atom is 0.416 e. The molecule has 0 aliphatic carbocycles. The summed E-state index contributed by atoms with van der Waals surface area (Å²) in [6.07, 6.45) is 1.50. The average Bonchev–Trinajstić information content (AvgIpc) is 3.07. The average molecular weight is 278 g/mol. The Labute approximate surface area is 113 Å². The second-order valence-electron chi connectivity index (χ2n) is 4.14. The van der Waals surface area contributed by atoms with Crippen LogP contribution < -0.4 is 4.90 Å². The van der Waals surface area contributed by atoms with Crippen LogP contribution in [0.25, 0.3) is 5.69 Å². The summed E-state index contributed by atoms with van der Waals surface area (Å²) in [5.74, 6) is -0.512. The first-order valence-electron chi connectivity index (χ1n) is 5.84. The number of hydrogen-bond donors (Lipinski definition) is 0. The Morgan fingerprint density at radius 1 is 1.50 bits per heavy atom. The van der Waals surface area contributed by atoms with Crippen LogP contribution in [0.2, 0.25) is 0 Å². The fourth-order valence-corrected chi connectivity index (χ4v) is 1.95. The third-order valence-electron chi connectivity index (χ3n) is 2.96. The number of amides is 1. The largest absolute Gasteiger partial charge is 0.417 e. The minimum Gasteiger partial charge on any atom is -0.417 e. The lowest BCUT2D eigenvalue weighted by Crippen LogP contribution is -2.25. The molecule has 8 heteroatoms. The van der Waals surface area contributed by atoms with E-state index in [0.29, 0.717) is 5.69 Å². The molecule has 0 radical (unpaired) electrons. The molecule has 0 spiro atoms. The minimum absolute atomic E-state index is 0.220. The van der Waals surface area contributed by atoms with Gasteiger partial charge in [-0.1, -0.05) is 0 Å². The van der Waals surface area contributed by atoms with E-state index in [1.165, 1.54) is 41.5 Å². The van der Waals surface area contributed by atoms with E-state index in [2.05, 4.69) is 10.1 Å². The maximum absolute atomic E-state index is 14.1. The molecule has 104 valence electrons. The molecule has 0 bridgehead atoms. The van der Waals surface area contributed by atoms with Gasteiger partial charge in [-0.05, 0) is 18.2 Å². The first kappa shape index (κ1) is 12.5. The highest BCUT2D eigenvalue weighted by atomic mass is 19.1. The minimum atomic E-state index is -0.638. The van der Waals surface area contributed by atoms with E-state index in [9.17, 15) is 9.18 Å². The molecule has 1 atom stereocenters. The second kappa shape index (κ2) is 4.89. The van der Waals surface area contributed by atoms with Gasteiger partial charge < -0.3 is 9.47 Å². The molecule has 3 rings (SSSR count). The Balaban J connectivity index is 1.89. The molecule has 0 saturated carbocycles. The summed E-state index contributed by atoms with van der Waals surface area (Å²) < 4.78 is 25.3. The molecule has 1 fully saturated rings. The molecular weight excluding hydrogens is 267 g/mol. The Morgan fingerprint density at radius 2 is 2.35 bits per heavy atom. The van der Waals surface area contributed by atoms with Crippen molar-refractivity contribution in [3.8, 4) is 5.69 Å². The third kappa shape index (κ3) is 2.10. The second-order valence-corrected chi connectivity index (χ2v) is 4.14. The van der Waals surface area contributed by atoms with Crippen molar-refractivity contribution in [2.24, 2.45) is 0 Å². The fraction of sp³-hybridized carbons (Fsp3) is 0.250. The Bertz CT molecular complexity index is 632. The number of nitrogens with zero attached hydrogens (tertiary/aromatic N) is 4. The molecule has 1 saturated heterocycles. The van der Waals surface area contributed by atoms with E-state index < -0.39 is 18.2 Å². The molecule has 1 aromatic heterocycles. The van der Waals surface area contributed by atoms with Crippen molar-refractivity contribution in [2.75, 3.05) is 18.6 Å². The number of carbonyl (C=O) groups excluding carboxylic acids is 1. The predicted molar refractivity (Wildman–Crippen MR) is 65.9 cm³/mol. The molecule has 2 aromatic rings. The van der Waals surface area contributed by atoms with Crippen molar-refractivity contribution < 1.29 is 18.7 Å². The number of cyclic esters (lactones) is 1. The van der Waals surface area contributed by atoms with Crippen LogP contribution >= 0.6 is 0 Å². The highest BCUT2D eigenvalue weighted by molar-refractivity contribution is 5.89. The topological polar surface area (TPSA) is 69.5 Å². The molecule has 1 aromatic carbocycles. The van der Waals surface area contributed by atoms with E-state index in [0.717, 1.165) is 0 Å². The van der Waals surface area contributed by atoms with Crippen molar-refractivity contribution in [2.45, 2.75) is 6.29 Å². The van der Waals surface area contributed by atoms with E-state index >= 15 is 0 Å². The predicted octanol–water partition coefficient (Wildman–Crippen LogP) is 1.34. The van der Waals surface area contributed by atoms with Gasteiger partial charge in [0.15, 0.2) is 5.82 Å². The van der Waals surface area contributed by atoms with Gasteiger partial charge in [0.2, 0.25) is 6.29 Å². The summed E-state index contributed by atoms with van der Waals surface area (Å²) in [7, 11) is 1.44. The molecular formula is C12H11FN4O3. The molecule has 1 aliphatic rings. The number of rotatable bonds is 3. The van der Waals surface area contributed by atoms with E-state index in [4.69, 9.17) is 9.47 Å². The van der Waals surface area contributed by atoms with Crippen molar-refractivity contribution in [1.29, 1.82) is 0 Å². The van der Waals surface area contributed by atoms with Crippen LogP contribution in [0.5, 0.6) is 0 Å². The van der Waals surface area contributed by atoms with Gasteiger partial charge in [-0.3, -0.25) is 4.90 Å². The molecule has 0 N–H and O–H groups in total. The lowest BCUT2D eigenvalue weighted by Gasteiger charge is -2.13. The Morgan fingerprint density at radius 3 is 2.95 bits per heavy atom. The van der Waals surface area contributed by atoms with Gasteiger partial charge in [-0.15, -0.1) is 0 Å². The summed E-state index contributed by atoms with van der Waals surface area (Å²) in [5.41, 5.74) is 0.651. The molecule has 7 nitrogen and oxygen atoms in total. The number of aromatic nitrogens is 3. The Hall–Kier alpha value is -2.48. The number of carbonyl (C=O) groups is 1. The molecule has 2 heterocycles. The molecule has 1 aliphatic heterocycles. The van der Waals surface area contributed by atoms with Gasteiger partial charge in [0.1, 0.15) is 18.3 Å². The smallest absolute Gasteiger partial charge is 0.416 e. The number of halogens is 1. The third-order valence-corrected chi connectivity index (χ3v) is 2.96. The normalized spacial score (nSPS) is 18.4. The van der Waals surface area contributed by atoms with E-state index in [-0.39, 0.29) is 12.2 Å². The van der Waals surface area contributed by atoms with Crippen LogP contribution in [0.1, 0.15) is 0 Å². The van der Waals surface area contributed by atoms with Gasteiger partial charge >= 0.3 is 6.09 Å². The number of methoxy groups -OCH3 is 1. The van der Waals surface area contributed by atoms with Crippen LogP contribution in [0.15, 0.2) is 30.9 Å². The summed E-state index contributed by atoms with van der Waals surface area (Å²) in [4.78, 5) is 16.7. The van der Waals surface area contributed by atoms with Crippen molar-refractivity contribution in [3.05, 3.63) is 36.7 Å². The molecule has 1 amide bonds. The van der Waals surface area contributed by atoms with Gasteiger partial charge in [-0.2, -0.15) is 5.10 Å². The zero-order valence-corrected chi connectivity index (χ0v) is 10.6. The van der Waals surface area contributed by atoms with Crippen LogP contribution in [0.4, 0.5) is 14.9 Å². The van der Waals surface area contributed by atoms with E-state index in [1.54, 1.807) is 6.07 Å². The van der Waals surface area contributed by atoms with Crippen molar-refractivity contribution >= 4 is 11.8 Å². The monoisotopic (exact) mass is 278 g/mol. The summed E-state index contributed by atoms with van der Waals surface area (Å²) >= 11 is 0. The van der Waals surface area contributed by atoms with Crippen LogP contribution in [0, 0.1) is 5.82 Å². The van der Waals surface area contributed by atoms with Crippen LogP contribution in [0.3, 0.4) is 0 Å². The summed E-state index contributed by atoms with van der Waals surface area (Å²) in [6.45, 7) is 0.220. The zero-order valence-electron chi connectivity index (χ0n) is 10.6. The number of ether oxygens (including phenoxy) is 2. The first-order valence-corrected chi connectivity index (χ1v) is 5.84. The fourth-order valence-electron chi connectivity index (χ4n) is 1.95. The summed E-state index contributed by atoms with van der Waals surface area (Å²) in [5, 5.41) is 3.86. The van der Waals surface area contributed by atoms with Gasteiger partial charge in [0.25, 0.3) is 0 Å². The first-order chi connectivity index (χ1) is 9.69. The standard InChI is InChI=1S/C12H11FN4O3/c1-19-11-5-16(12(18)20-11)8-2-3-10(9(13)4-8)17-7-14-6-15-17/h2-4,6-7,11H,5H2,1H3. The van der Waals surface area contributed by atoms with Crippen LogP contribution in [-0.2, 0) is 9.47 Å². The van der Waals surface area contributed by atoms with Crippen LogP contribution in [-0.4, -0.2) is 40.8 Å². The lowest BCUT2D eigenvalue weighted by molar-refractivity contribution is -0.0488. The van der Waals surface area contributed by atoms with Gasteiger partial charge in [0.05, 0.1) is 12.2 Å². The van der Waals surface area contributed by atoms with Crippen molar-refractivity contribution in [1.82, 2.24) is 14.8 Å². The number of benzene rings is 1. The zero-order chi connectivity index (χ0) is 14.1. The van der Waals surface area contributed by atoms with E-state index in [1.807, 2.05) is 0 Å². The molecule has 1 unspecified atom stereocenters. The SMILES string of the molecule is COC1CN(c2ccc(-n3cncn3)c(F)c2)C(=O)O1. The highest BCUT2D eigenvalue weighted by Crippen LogP contribution is 2.25. The quantitative estimate of drug-likeness (QED) is 0.847. The van der Waals surface area contributed by atoms with Gasteiger partial charge in [-0.25, -0.2) is 18.9 Å². The number of hydrogen-bond acceptors (Lipinski definition) is 5. The number of anilines is 1. The highest BCUT2D eigenvalue weighted by Gasteiger charge is 2.32. The van der Waals surface area contributed by atoms with Crippen molar-refractivity contribution in [3.63, 3.8) is 0 Å². The molecule has 20 heavy (non-hydrogen) atoms. The lowest BCUT2D eigenvalue weighted by atomic mass is 10.2. The summed E-state index contributed by atoms with van der Waals surface area (Å²) in [6, 6.07) is 4.38. The van der Waals surface area contributed by atoms with Gasteiger partial charge in [0, 0.05) is 7.11 Å². The Kier molecular flexibility index (Phi) is 3.07.